The lowest BCUT2D eigenvalue weighted by molar-refractivity contribution is -0.133. The van der Waals surface area contributed by atoms with E-state index < -0.39 is 5.97 Å². The molecule has 0 heterocycles. The van der Waals surface area contributed by atoms with Crippen molar-refractivity contribution in [3.05, 3.63) is 29.8 Å². The molecule has 2 rings (SSSR count). The quantitative estimate of drug-likeness (QED) is 0.800. The first-order valence-corrected chi connectivity index (χ1v) is 7.58. The third kappa shape index (κ3) is 4.45. The van der Waals surface area contributed by atoms with E-state index in [1.807, 2.05) is 6.07 Å². The zero-order valence-corrected chi connectivity index (χ0v) is 11.8. The molecule has 1 aliphatic rings. The first-order valence-electron chi connectivity index (χ1n) is 6.43. The van der Waals surface area contributed by atoms with Gasteiger partial charge in [0.05, 0.1) is 11.5 Å². The smallest absolute Gasteiger partial charge is 0.313 e. The van der Waals surface area contributed by atoms with Crippen LogP contribution in [0.15, 0.2) is 24.3 Å². The van der Waals surface area contributed by atoms with Gasteiger partial charge in [-0.15, -0.1) is 11.8 Å². The first kappa shape index (κ1) is 14.7. The number of carbonyl (C=O) groups excluding carboxylic acids is 1. The van der Waals surface area contributed by atoms with Crippen LogP contribution < -0.4 is 0 Å². The number of carbonyl (C=O) groups is 2. The van der Waals surface area contributed by atoms with E-state index in [2.05, 4.69) is 0 Å². The number of aromatic hydroxyl groups is 1. The minimum atomic E-state index is -0.909. The highest BCUT2D eigenvalue weighted by Gasteiger charge is 2.32. The highest BCUT2D eigenvalue weighted by atomic mass is 32.2. The van der Waals surface area contributed by atoms with Crippen molar-refractivity contribution in [3.8, 4) is 5.75 Å². The molecule has 0 bridgehead atoms. The maximum Gasteiger partial charge on any atom is 0.313 e. The van der Waals surface area contributed by atoms with Gasteiger partial charge in [-0.25, -0.2) is 0 Å². The van der Waals surface area contributed by atoms with Gasteiger partial charge >= 0.3 is 5.97 Å². The number of thioether (sulfide) groups is 1. The molecule has 0 saturated heterocycles. The maximum absolute atomic E-state index is 12.1. The first-order chi connectivity index (χ1) is 9.56. The van der Waals surface area contributed by atoms with Gasteiger partial charge in [0.1, 0.15) is 5.75 Å². The van der Waals surface area contributed by atoms with Gasteiger partial charge in [0.25, 0.3) is 0 Å². The van der Waals surface area contributed by atoms with Gasteiger partial charge in [0.2, 0.25) is 5.91 Å². The maximum atomic E-state index is 12.1. The Morgan fingerprint density at radius 3 is 2.65 bits per heavy atom. The molecule has 6 heteroatoms. The van der Waals surface area contributed by atoms with Crippen LogP contribution in [0.4, 0.5) is 0 Å². The molecule has 0 unspecified atom stereocenters. The highest BCUT2D eigenvalue weighted by Crippen LogP contribution is 2.29. The number of phenols is 1. The minimum absolute atomic E-state index is 0.0397. The molecule has 1 amide bonds. The van der Waals surface area contributed by atoms with Gasteiger partial charge in [0, 0.05) is 12.6 Å². The van der Waals surface area contributed by atoms with Gasteiger partial charge in [-0.05, 0) is 30.5 Å². The molecule has 0 spiro atoms. The van der Waals surface area contributed by atoms with Gasteiger partial charge in [0.15, 0.2) is 0 Å². The van der Waals surface area contributed by atoms with Crippen molar-refractivity contribution >= 4 is 23.6 Å². The fourth-order valence-electron chi connectivity index (χ4n) is 1.97. The van der Waals surface area contributed by atoms with Crippen LogP contribution in [0.5, 0.6) is 5.75 Å². The van der Waals surface area contributed by atoms with Crippen LogP contribution in [0.3, 0.4) is 0 Å². The summed E-state index contributed by atoms with van der Waals surface area (Å²) in [5, 5.41) is 18.0. The van der Waals surface area contributed by atoms with Crippen LogP contribution in [0.2, 0.25) is 0 Å². The number of benzene rings is 1. The van der Waals surface area contributed by atoms with Crippen molar-refractivity contribution < 1.29 is 19.8 Å². The number of rotatable bonds is 7. The Kier molecular flexibility index (Phi) is 4.89. The molecule has 0 radical (unpaired) electrons. The van der Waals surface area contributed by atoms with Crippen LogP contribution in [0, 0.1) is 0 Å². The van der Waals surface area contributed by atoms with Crippen molar-refractivity contribution in [2.45, 2.75) is 25.4 Å². The minimum Gasteiger partial charge on any atom is -0.508 e. The van der Waals surface area contributed by atoms with Crippen molar-refractivity contribution in [1.82, 2.24) is 4.90 Å². The Labute approximate surface area is 121 Å². The van der Waals surface area contributed by atoms with Crippen molar-refractivity contribution in [2.75, 3.05) is 11.5 Å². The largest absolute Gasteiger partial charge is 0.508 e. The lowest BCUT2D eigenvalue weighted by Gasteiger charge is -2.22. The molecular formula is C14H17NO4S. The summed E-state index contributed by atoms with van der Waals surface area (Å²) in [5.74, 6) is -0.639. The summed E-state index contributed by atoms with van der Waals surface area (Å²) in [6, 6.07) is 7.12. The van der Waals surface area contributed by atoms with E-state index in [0.29, 0.717) is 6.54 Å². The number of nitrogens with zero attached hydrogens (tertiary/aromatic N) is 1. The number of hydrogen-bond donors (Lipinski definition) is 2. The average Bonchev–Trinajstić information content (AvgIpc) is 3.19. The second-order valence-electron chi connectivity index (χ2n) is 4.81. The lowest BCUT2D eigenvalue weighted by atomic mass is 10.2. The molecule has 0 atom stereocenters. The Morgan fingerprint density at radius 2 is 2.05 bits per heavy atom. The van der Waals surface area contributed by atoms with Gasteiger partial charge in [-0.1, -0.05) is 12.1 Å². The molecular weight excluding hydrogens is 278 g/mol. The van der Waals surface area contributed by atoms with Crippen LogP contribution in [0.25, 0.3) is 0 Å². The summed E-state index contributed by atoms with van der Waals surface area (Å²) in [6.45, 7) is 0.464. The van der Waals surface area contributed by atoms with Crippen LogP contribution in [-0.4, -0.2) is 44.5 Å². The van der Waals surface area contributed by atoms with Gasteiger partial charge in [-0.2, -0.15) is 0 Å². The summed E-state index contributed by atoms with van der Waals surface area (Å²) in [7, 11) is 0. The van der Waals surface area contributed by atoms with E-state index in [4.69, 9.17) is 5.11 Å². The van der Waals surface area contributed by atoms with E-state index in [0.717, 1.165) is 30.2 Å². The van der Waals surface area contributed by atoms with Crippen LogP contribution in [-0.2, 0) is 16.1 Å². The molecule has 1 saturated carbocycles. The second-order valence-corrected chi connectivity index (χ2v) is 5.79. The Morgan fingerprint density at radius 1 is 1.30 bits per heavy atom. The van der Waals surface area contributed by atoms with Crippen LogP contribution in [0.1, 0.15) is 18.4 Å². The number of carboxylic acids is 1. The monoisotopic (exact) mass is 295 g/mol. The molecule has 0 aliphatic heterocycles. The number of hydrogen-bond acceptors (Lipinski definition) is 4. The lowest BCUT2D eigenvalue weighted by Crippen LogP contribution is -2.34. The van der Waals surface area contributed by atoms with E-state index in [1.165, 1.54) is 0 Å². The fraction of sp³-hybridized carbons (Fsp3) is 0.429. The normalized spacial score (nSPS) is 14.0. The number of carboxylic acid groups (broad SMARTS) is 1. The summed E-state index contributed by atoms with van der Waals surface area (Å²) in [4.78, 5) is 24.4. The predicted octanol–water partition coefficient (Wildman–Crippen LogP) is 1.70. The van der Waals surface area contributed by atoms with Gasteiger partial charge in [-0.3, -0.25) is 9.59 Å². The SMILES string of the molecule is O=C(O)CSCC(=O)N(Cc1cccc(O)c1)C1CC1. The Hall–Kier alpha value is -1.69. The molecule has 2 N–H and O–H groups in total. The fourth-order valence-corrected chi connectivity index (χ4v) is 2.58. The number of aliphatic carboxylic acids is 1. The number of phenolic OH excluding ortho intramolecular Hbond substituents is 1. The third-order valence-electron chi connectivity index (χ3n) is 3.02. The molecule has 5 nitrogen and oxygen atoms in total. The molecule has 108 valence electrons. The van der Waals surface area contributed by atoms with Crippen molar-refractivity contribution in [3.63, 3.8) is 0 Å². The van der Waals surface area contributed by atoms with Crippen molar-refractivity contribution in [2.24, 2.45) is 0 Å². The molecule has 1 fully saturated rings. The molecule has 1 aromatic carbocycles. The van der Waals surface area contributed by atoms with Gasteiger partial charge < -0.3 is 15.1 Å². The zero-order valence-electron chi connectivity index (χ0n) is 11.0. The average molecular weight is 295 g/mol. The Bertz CT molecular complexity index is 502. The van der Waals surface area contributed by atoms with Crippen molar-refractivity contribution in [1.29, 1.82) is 0 Å². The zero-order chi connectivity index (χ0) is 14.5. The van der Waals surface area contributed by atoms with E-state index in [1.54, 1.807) is 23.1 Å². The highest BCUT2D eigenvalue weighted by molar-refractivity contribution is 8.00. The summed E-state index contributed by atoms with van der Waals surface area (Å²) >= 11 is 1.12. The summed E-state index contributed by atoms with van der Waals surface area (Å²) < 4.78 is 0. The summed E-state index contributed by atoms with van der Waals surface area (Å²) in [5.41, 5.74) is 0.883. The molecule has 20 heavy (non-hydrogen) atoms. The molecule has 1 aromatic rings. The molecule has 0 aromatic heterocycles. The topological polar surface area (TPSA) is 77.8 Å². The molecule has 1 aliphatic carbocycles. The van der Waals surface area contributed by atoms with E-state index >= 15 is 0 Å². The third-order valence-corrected chi connectivity index (χ3v) is 3.92. The van der Waals surface area contributed by atoms with E-state index in [-0.39, 0.29) is 29.2 Å². The van der Waals surface area contributed by atoms with Crippen LogP contribution >= 0.6 is 11.8 Å². The second kappa shape index (κ2) is 6.65. The predicted molar refractivity (Wildman–Crippen MR) is 76.6 cm³/mol. The number of amides is 1. The standard InChI is InChI=1S/C14H17NO4S/c16-12-3-1-2-10(6-12)7-15(11-4-5-11)13(17)8-20-9-14(18)19/h1-3,6,11,16H,4-5,7-9H2,(H,18,19). The van der Waals surface area contributed by atoms with E-state index in [9.17, 15) is 14.7 Å². The Balaban J connectivity index is 1.93. The summed E-state index contributed by atoms with van der Waals surface area (Å²) in [6.07, 6.45) is 1.99.